The Morgan fingerprint density at radius 3 is 1.44 bits per heavy atom. The van der Waals surface area contributed by atoms with Gasteiger partial charge in [-0.15, -0.1) is 22.7 Å². The van der Waals surface area contributed by atoms with E-state index in [-0.39, 0.29) is 0 Å². The molecule has 0 fully saturated rings. The second-order valence-electron chi connectivity index (χ2n) is 13.1. The predicted octanol–water partition coefficient (Wildman–Crippen LogP) is 14.6. The molecule has 0 saturated carbocycles. The van der Waals surface area contributed by atoms with Gasteiger partial charge in [0.15, 0.2) is 0 Å². The summed E-state index contributed by atoms with van der Waals surface area (Å²) in [6.07, 6.45) is 0. The van der Waals surface area contributed by atoms with Crippen LogP contribution in [0.25, 0.3) is 96.0 Å². The van der Waals surface area contributed by atoms with Crippen molar-refractivity contribution < 1.29 is 0 Å². The van der Waals surface area contributed by atoms with E-state index >= 15 is 0 Å². The molecule has 0 saturated heterocycles. The molecule has 0 radical (unpaired) electrons. The maximum absolute atomic E-state index is 10.2. The third-order valence-corrected chi connectivity index (χ3v) is 12.6. The first kappa shape index (κ1) is 30.5. The second-order valence-corrected chi connectivity index (χ2v) is 15.2. The number of thiophene rings is 2. The molecule has 2 heterocycles. The fourth-order valence-corrected chi connectivity index (χ4v) is 10.2. The van der Waals surface area contributed by atoms with Crippen LogP contribution in [0.1, 0.15) is 5.56 Å². The molecule has 1 nitrogen and oxygen atoms in total. The quantitative estimate of drug-likeness (QED) is 0.176. The van der Waals surface area contributed by atoms with Crippen LogP contribution in [0.2, 0.25) is 0 Å². The van der Waals surface area contributed by atoms with Crippen molar-refractivity contribution in [1.82, 2.24) is 0 Å². The average molecular weight is 696 g/mol. The minimum atomic E-state index is 0.664. The van der Waals surface area contributed by atoms with E-state index in [2.05, 4.69) is 164 Å². The molecule has 8 aromatic carbocycles. The van der Waals surface area contributed by atoms with Crippen molar-refractivity contribution in [3.8, 4) is 61.7 Å². The summed E-state index contributed by atoms with van der Waals surface area (Å²) in [5.74, 6) is 0. The van der Waals surface area contributed by atoms with Gasteiger partial charge in [0.2, 0.25) is 0 Å². The topological polar surface area (TPSA) is 23.8 Å². The van der Waals surface area contributed by atoms with E-state index in [1.54, 1.807) is 0 Å². The fraction of sp³-hybridized carbons (Fsp3) is 0. The summed E-state index contributed by atoms with van der Waals surface area (Å²) in [5.41, 5.74) is 12.0. The van der Waals surface area contributed by atoms with Crippen LogP contribution in [-0.2, 0) is 0 Å². The van der Waals surface area contributed by atoms with Crippen LogP contribution in [0.3, 0.4) is 0 Å². The standard InChI is InChI=1S/C49H29NS2/c50-30-32-15-4-5-16-36(32)34-27-33(31-13-2-1-3-14-31)28-35(29-34)47-39(43-23-11-21-41-37-17-6-8-25-45(37)51-48(41)43)19-10-20-40(47)44-24-12-22-42-38-18-7-9-26-46(38)52-49(42)44/h1-29H. The van der Waals surface area contributed by atoms with Crippen LogP contribution < -0.4 is 0 Å². The largest absolute Gasteiger partial charge is 0.192 e. The lowest BCUT2D eigenvalue weighted by atomic mass is 9.84. The smallest absolute Gasteiger partial charge is 0.0998 e. The fourth-order valence-electron chi connectivity index (χ4n) is 7.79. The van der Waals surface area contributed by atoms with Gasteiger partial charge in [0.25, 0.3) is 0 Å². The molecule has 2 aromatic heterocycles. The second kappa shape index (κ2) is 12.5. The Morgan fingerprint density at radius 2 is 0.808 bits per heavy atom. The molecule has 0 spiro atoms. The summed E-state index contributed by atoms with van der Waals surface area (Å²) >= 11 is 3.73. The highest BCUT2D eigenvalue weighted by Crippen LogP contribution is 2.49. The minimum Gasteiger partial charge on any atom is -0.192 e. The zero-order valence-corrected chi connectivity index (χ0v) is 29.6. The van der Waals surface area contributed by atoms with Crippen molar-refractivity contribution in [3.63, 3.8) is 0 Å². The van der Waals surface area contributed by atoms with E-state index in [1.807, 2.05) is 40.9 Å². The molecule has 0 N–H and O–H groups in total. The Bertz CT molecular complexity index is 2900. The highest BCUT2D eigenvalue weighted by Gasteiger charge is 2.21. The van der Waals surface area contributed by atoms with Gasteiger partial charge in [-0.3, -0.25) is 0 Å². The number of nitrogens with zero attached hydrogens (tertiary/aromatic N) is 1. The molecule has 0 atom stereocenters. The molecule has 0 aliphatic carbocycles. The van der Waals surface area contributed by atoms with Crippen molar-refractivity contribution in [2.45, 2.75) is 0 Å². The normalized spacial score (nSPS) is 11.4. The van der Waals surface area contributed by atoms with Crippen LogP contribution >= 0.6 is 22.7 Å². The van der Waals surface area contributed by atoms with Crippen molar-refractivity contribution in [3.05, 3.63) is 181 Å². The van der Waals surface area contributed by atoms with Crippen LogP contribution in [0, 0.1) is 11.3 Å². The van der Waals surface area contributed by atoms with Gasteiger partial charge in [-0.05, 0) is 80.9 Å². The van der Waals surface area contributed by atoms with Gasteiger partial charge in [-0.1, -0.05) is 140 Å². The Kier molecular flexibility index (Phi) is 7.32. The number of fused-ring (bicyclic) bond motifs is 6. The van der Waals surface area contributed by atoms with E-state index in [4.69, 9.17) is 0 Å². The molecule has 0 aliphatic heterocycles. The van der Waals surface area contributed by atoms with Crippen molar-refractivity contribution in [2.75, 3.05) is 0 Å². The van der Waals surface area contributed by atoms with Gasteiger partial charge in [0.05, 0.1) is 11.6 Å². The SMILES string of the molecule is N#Cc1ccccc1-c1cc(-c2ccccc2)cc(-c2c(-c3cccc4c3sc3ccccc34)cccc2-c2cccc3c2sc2ccccc23)c1. The Labute approximate surface area is 309 Å². The molecule has 52 heavy (non-hydrogen) atoms. The van der Waals surface area contributed by atoms with E-state index in [1.165, 1.54) is 68.2 Å². The first-order valence-corrected chi connectivity index (χ1v) is 19.0. The number of nitriles is 1. The summed E-state index contributed by atoms with van der Waals surface area (Å²) < 4.78 is 5.16. The molecule has 0 bridgehead atoms. The summed E-state index contributed by atoms with van der Waals surface area (Å²) in [6.45, 7) is 0. The van der Waals surface area contributed by atoms with Gasteiger partial charge in [-0.25, -0.2) is 0 Å². The molecule has 10 aromatic rings. The van der Waals surface area contributed by atoms with E-state index in [0.717, 1.165) is 27.8 Å². The molecule has 242 valence electrons. The lowest BCUT2D eigenvalue weighted by Gasteiger charge is -2.19. The highest BCUT2D eigenvalue weighted by atomic mass is 32.1. The van der Waals surface area contributed by atoms with Gasteiger partial charge >= 0.3 is 0 Å². The Balaban J connectivity index is 1.34. The summed E-state index contributed by atoms with van der Waals surface area (Å²) in [6, 6.07) is 65.6. The van der Waals surface area contributed by atoms with Gasteiger partial charge in [0.1, 0.15) is 0 Å². The lowest BCUT2D eigenvalue weighted by Crippen LogP contribution is -1.94. The third kappa shape index (κ3) is 4.96. The van der Waals surface area contributed by atoms with Gasteiger partial charge in [-0.2, -0.15) is 5.26 Å². The van der Waals surface area contributed by atoms with E-state index in [9.17, 15) is 5.26 Å². The van der Waals surface area contributed by atoms with Crippen LogP contribution in [0.5, 0.6) is 0 Å². The molecular weight excluding hydrogens is 667 g/mol. The first-order valence-electron chi connectivity index (χ1n) is 17.4. The molecule has 0 amide bonds. The molecular formula is C49H29NS2. The number of hydrogen-bond acceptors (Lipinski definition) is 3. The Hall–Kier alpha value is -6.31. The van der Waals surface area contributed by atoms with Gasteiger partial charge in [0, 0.05) is 51.5 Å². The van der Waals surface area contributed by atoms with Gasteiger partial charge < -0.3 is 0 Å². The zero-order chi connectivity index (χ0) is 34.6. The molecule has 3 heteroatoms. The molecule has 10 rings (SSSR count). The average Bonchev–Trinajstić information content (AvgIpc) is 3.79. The maximum atomic E-state index is 10.2. The summed E-state index contributed by atoms with van der Waals surface area (Å²) in [5, 5.41) is 15.4. The monoisotopic (exact) mass is 695 g/mol. The lowest BCUT2D eigenvalue weighted by molar-refractivity contribution is 1.47. The van der Waals surface area contributed by atoms with E-state index < -0.39 is 0 Å². The molecule has 0 unspecified atom stereocenters. The Morgan fingerprint density at radius 1 is 0.346 bits per heavy atom. The highest BCUT2D eigenvalue weighted by molar-refractivity contribution is 7.26. The first-order chi connectivity index (χ1) is 25.7. The van der Waals surface area contributed by atoms with Crippen LogP contribution in [0.15, 0.2) is 176 Å². The number of rotatable bonds is 5. The van der Waals surface area contributed by atoms with E-state index in [0.29, 0.717) is 5.56 Å². The summed E-state index contributed by atoms with van der Waals surface area (Å²) in [7, 11) is 0. The number of benzene rings is 8. The van der Waals surface area contributed by atoms with Crippen molar-refractivity contribution in [1.29, 1.82) is 5.26 Å². The molecule has 0 aliphatic rings. The maximum Gasteiger partial charge on any atom is 0.0998 e. The minimum absolute atomic E-state index is 0.664. The van der Waals surface area contributed by atoms with Crippen molar-refractivity contribution >= 4 is 63.0 Å². The van der Waals surface area contributed by atoms with Crippen LogP contribution in [0.4, 0.5) is 0 Å². The third-order valence-electron chi connectivity index (χ3n) is 10.1. The zero-order valence-electron chi connectivity index (χ0n) is 28.0. The summed E-state index contributed by atoms with van der Waals surface area (Å²) in [4.78, 5) is 0. The predicted molar refractivity (Wildman–Crippen MR) is 224 cm³/mol. The van der Waals surface area contributed by atoms with Crippen molar-refractivity contribution in [2.24, 2.45) is 0 Å². The van der Waals surface area contributed by atoms with Crippen LogP contribution in [-0.4, -0.2) is 0 Å². The number of hydrogen-bond donors (Lipinski definition) is 0.